The Kier molecular flexibility index (Phi) is 5.59. The number of benzene rings is 1. The van der Waals surface area contributed by atoms with Crippen LogP contribution in [0.4, 0.5) is 5.13 Å². The number of likely N-dealkylation sites (tertiary alicyclic amines) is 1. The van der Waals surface area contributed by atoms with E-state index < -0.39 is 0 Å². The molecule has 1 fully saturated rings. The van der Waals surface area contributed by atoms with E-state index in [-0.39, 0.29) is 17.7 Å². The van der Waals surface area contributed by atoms with E-state index in [9.17, 15) is 9.59 Å². The number of piperidine rings is 1. The number of aromatic nitrogens is 1. The first-order chi connectivity index (χ1) is 15.2. The predicted molar refractivity (Wildman–Crippen MR) is 120 cm³/mol. The molecule has 160 valence electrons. The van der Waals surface area contributed by atoms with Crippen LogP contribution in [0.2, 0.25) is 0 Å². The number of anilines is 1. The Morgan fingerprint density at radius 2 is 2.00 bits per heavy atom. The van der Waals surface area contributed by atoms with Gasteiger partial charge in [-0.15, -0.1) is 11.3 Å². The minimum Gasteiger partial charge on any atom is -0.459 e. The second kappa shape index (κ2) is 8.67. The molecular weight excluding hydrogens is 410 g/mol. The summed E-state index contributed by atoms with van der Waals surface area (Å²) in [6.07, 6.45) is 7.85. The van der Waals surface area contributed by atoms with Crippen molar-refractivity contribution < 1.29 is 14.0 Å². The van der Waals surface area contributed by atoms with Gasteiger partial charge in [-0.05, 0) is 67.9 Å². The average Bonchev–Trinajstić information content (AvgIpc) is 3.51. The molecule has 1 atom stereocenters. The van der Waals surface area contributed by atoms with Gasteiger partial charge in [0.25, 0.3) is 5.91 Å². The standard InChI is InChI=1S/C24H25N3O3S/c28-22(19-7-3-11-27(14-19)23(29)21-8-4-12-30-21)26-24-25-20(15-31-24)18-10-9-16-5-1-2-6-17(16)13-18/h4,8-10,12-13,15,19H,1-3,5-7,11,14H2,(H,25,26,28). The number of amides is 2. The van der Waals surface area contributed by atoms with Crippen molar-refractivity contribution in [1.29, 1.82) is 0 Å². The summed E-state index contributed by atoms with van der Waals surface area (Å²) < 4.78 is 5.22. The minimum absolute atomic E-state index is 0.0803. The summed E-state index contributed by atoms with van der Waals surface area (Å²) in [6, 6.07) is 9.94. The molecule has 2 amide bonds. The molecule has 5 rings (SSSR count). The summed E-state index contributed by atoms with van der Waals surface area (Å²) in [5, 5.41) is 5.56. The van der Waals surface area contributed by atoms with E-state index in [1.165, 1.54) is 41.6 Å². The number of thiazole rings is 1. The van der Waals surface area contributed by atoms with Crippen LogP contribution in [0.15, 0.2) is 46.4 Å². The fourth-order valence-corrected chi connectivity index (χ4v) is 5.22. The normalized spacial score (nSPS) is 18.5. The second-order valence-corrected chi connectivity index (χ2v) is 9.14. The van der Waals surface area contributed by atoms with Crippen LogP contribution in [0.1, 0.15) is 47.4 Å². The van der Waals surface area contributed by atoms with Crippen molar-refractivity contribution in [2.24, 2.45) is 5.92 Å². The Bertz CT molecular complexity index is 1090. The highest BCUT2D eigenvalue weighted by Gasteiger charge is 2.30. The molecule has 0 bridgehead atoms. The van der Waals surface area contributed by atoms with Crippen molar-refractivity contribution in [3.63, 3.8) is 0 Å². The lowest BCUT2D eigenvalue weighted by atomic mass is 9.90. The number of nitrogens with zero attached hydrogens (tertiary/aromatic N) is 2. The van der Waals surface area contributed by atoms with E-state index in [0.29, 0.717) is 24.0 Å². The smallest absolute Gasteiger partial charge is 0.289 e. The van der Waals surface area contributed by atoms with Gasteiger partial charge in [-0.2, -0.15) is 0 Å². The number of hydrogen-bond acceptors (Lipinski definition) is 5. The number of furan rings is 1. The maximum absolute atomic E-state index is 12.9. The summed E-state index contributed by atoms with van der Waals surface area (Å²) in [6.45, 7) is 1.04. The number of nitrogens with one attached hydrogen (secondary N) is 1. The first-order valence-electron chi connectivity index (χ1n) is 10.9. The maximum Gasteiger partial charge on any atom is 0.289 e. The monoisotopic (exact) mass is 435 g/mol. The number of carbonyl (C=O) groups excluding carboxylic acids is 2. The molecule has 1 aliphatic heterocycles. The zero-order valence-electron chi connectivity index (χ0n) is 17.3. The highest BCUT2D eigenvalue weighted by molar-refractivity contribution is 7.14. The van der Waals surface area contributed by atoms with Gasteiger partial charge in [-0.25, -0.2) is 4.98 Å². The van der Waals surface area contributed by atoms with Crippen LogP contribution in [-0.2, 0) is 17.6 Å². The van der Waals surface area contributed by atoms with Crippen LogP contribution in [0.5, 0.6) is 0 Å². The van der Waals surface area contributed by atoms with Crippen LogP contribution in [-0.4, -0.2) is 34.8 Å². The van der Waals surface area contributed by atoms with Crippen molar-refractivity contribution >= 4 is 28.3 Å². The van der Waals surface area contributed by atoms with E-state index in [1.807, 2.05) is 5.38 Å². The van der Waals surface area contributed by atoms with Gasteiger partial charge in [0.1, 0.15) is 0 Å². The van der Waals surface area contributed by atoms with E-state index in [0.717, 1.165) is 36.9 Å². The third kappa shape index (κ3) is 4.28. The molecule has 1 N–H and O–H groups in total. The van der Waals surface area contributed by atoms with Crippen molar-refractivity contribution in [2.75, 3.05) is 18.4 Å². The van der Waals surface area contributed by atoms with Gasteiger partial charge in [0, 0.05) is 24.0 Å². The van der Waals surface area contributed by atoms with Crippen molar-refractivity contribution in [2.45, 2.75) is 38.5 Å². The van der Waals surface area contributed by atoms with E-state index in [4.69, 9.17) is 4.42 Å². The summed E-state index contributed by atoms with van der Waals surface area (Å²) in [4.78, 5) is 31.7. The van der Waals surface area contributed by atoms with Crippen LogP contribution < -0.4 is 5.32 Å². The SMILES string of the molecule is O=C(Nc1nc(-c2ccc3c(c2)CCCC3)cs1)C1CCCN(C(=O)c2ccco2)C1. The largest absolute Gasteiger partial charge is 0.459 e. The van der Waals surface area contributed by atoms with Gasteiger partial charge in [-0.1, -0.05) is 12.1 Å². The number of rotatable bonds is 4. The third-order valence-corrected chi connectivity index (χ3v) is 6.95. The number of carbonyl (C=O) groups is 2. The van der Waals surface area contributed by atoms with E-state index >= 15 is 0 Å². The first kappa shape index (κ1) is 20.0. The number of fused-ring (bicyclic) bond motifs is 1. The predicted octanol–water partition coefficient (Wildman–Crippen LogP) is 4.77. The van der Waals surface area contributed by atoms with Gasteiger partial charge in [0.2, 0.25) is 5.91 Å². The van der Waals surface area contributed by atoms with Crippen molar-refractivity contribution in [1.82, 2.24) is 9.88 Å². The lowest BCUT2D eigenvalue weighted by Crippen LogP contribution is -2.43. The molecule has 31 heavy (non-hydrogen) atoms. The van der Waals surface area contributed by atoms with E-state index in [1.54, 1.807) is 17.0 Å². The summed E-state index contributed by atoms with van der Waals surface area (Å²) in [7, 11) is 0. The molecule has 3 aromatic rings. The van der Waals surface area contributed by atoms with Gasteiger partial charge < -0.3 is 14.6 Å². The zero-order valence-corrected chi connectivity index (χ0v) is 18.1. The van der Waals surface area contributed by atoms with Gasteiger partial charge >= 0.3 is 0 Å². The van der Waals surface area contributed by atoms with Gasteiger partial charge in [0.05, 0.1) is 17.9 Å². The van der Waals surface area contributed by atoms with Crippen molar-refractivity contribution in [3.05, 3.63) is 58.9 Å². The fourth-order valence-electron chi connectivity index (χ4n) is 4.50. The molecule has 1 aliphatic carbocycles. The molecule has 1 aromatic carbocycles. The molecule has 0 radical (unpaired) electrons. The lowest BCUT2D eigenvalue weighted by molar-refractivity contribution is -0.121. The van der Waals surface area contributed by atoms with Crippen LogP contribution in [0.3, 0.4) is 0 Å². The summed E-state index contributed by atoms with van der Waals surface area (Å²) in [5.74, 6) is -0.172. The molecule has 2 aliphatic rings. The zero-order chi connectivity index (χ0) is 21.2. The van der Waals surface area contributed by atoms with Crippen LogP contribution in [0, 0.1) is 5.92 Å². The lowest BCUT2D eigenvalue weighted by Gasteiger charge is -2.31. The molecular formula is C24H25N3O3S. The molecule has 7 heteroatoms. The highest BCUT2D eigenvalue weighted by atomic mass is 32.1. The molecule has 0 spiro atoms. The Labute approximate surface area is 185 Å². The Balaban J connectivity index is 1.24. The second-order valence-electron chi connectivity index (χ2n) is 8.29. The first-order valence-corrected chi connectivity index (χ1v) is 11.8. The Morgan fingerprint density at radius 1 is 1.13 bits per heavy atom. The Morgan fingerprint density at radius 3 is 2.84 bits per heavy atom. The molecule has 1 unspecified atom stereocenters. The van der Waals surface area contributed by atoms with Crippen LogP contribution in [0.25, 0.3) is 11.3 Å². The highest BCUT2D eigenvalue weighted by Crippen LogP contribution is 2.30. The van der Waals surface area contributed by atoms with Crippen LogP contribution >= 0.6 is 11.3 Å². The van der Waals surface area contributed by atoms with E-state index in [2.05, 4.69) is 28.5 Å². The van der Waals surface area contributed by atoms with Crippen molar-refractivity contribution in [3.8, 4) is 11.3 Å². The molecule has 0 saturated carbocycles. The topological polar surface area (TPSA) is 75.4 Å². The van der Waals surface area contributed by atoms with Gasteiger partial charge in [0.15, 0.2) is 10.9 Å². The molecule has 1 saturated heterocycles. The molecule has 6 nitrogen and oxygen atoms in total. The molecule has 3 heterocycles. The quantitative estimate of drug-likeness (QED) is 0.640. The average molecular weight is 436 g/mol. The third-order valence-electron chi connectivity index (χ3n) is 6.19. The Hall–Kier alpha value is -2.93. The number of hydrogen-bond donors (Lipinski definition) is 1. The summed E-state index contributed by atoms with van der Waals surface area (Å²) in [5.41, 5.74) is 4.87. The fraction of sp³-hybridized carbons (Fsp3) is 0.375. The maximum atomic E-state index is 12.9. The molecule has 2 aromatic heterocycles. The number of aryl methyl sites for hydroxylation is 2. The van der Waals surface area contributed by atoms with Gasteiger partial charge in [-0.3, -0.25) is 9.59 Å². The minimum atomic E-state index is -0.247. The summed E-state index contributed by atoms with van der Waals surface area (Å²) >= 11 is 1.44.